The molecule has 0 saturated carbocycles. The van der Waals surface area contributed by atoms with Gasteiger partial charge in [0.05, 0.1) is 81.0 Å². The molecule has 135 heavy (non-hydrogen) atoms. The molecule has 0 unspecified atom stereocenters. The third-order valence-electron chi connectivity index (χ3n) is 21.2. The van der Waals surface area contributed by atoms with Gasteiger partial charge in [0.2, 0.25) is 52.0 Å². The van der Waals surface area contributed by atoms with Crippen molar-refractivity contribution >= 4 is 134 Å². The maximum absolute atomic E-state index is 11.5. The number of carbonyl (C=O) groups is 1. The molecule has 672 valence electrons. The van der Waals surface area contributed by atoms with Gasteiger partial charge in [-0.3, -0.25) is 51.8 Å². The minimum atomic E-state index is -0.543. The Hall–Kier alpha value is -18.0. The lowest BCUT2D eigenvalue weighted by Gasteiger charge is -2.10. The van der Waals surface area contributed by atoms with Crippen molar-refractivity contribution < 1.29 is 51.5 Å². The quantitative estimate of drug-likeness (QED) is 0.0145. The number of ether oxygens (including phenoxy) is 2. The molecule has 12 heterocycles. The van der Waals surface area contributed by atoms with Crippen LogP contribution in [0.4, 0.5) is 34.6 Å². The molecule has 0 saturated heterocycles. The van der Waals surface area contributed by atoms with E-state index in [1.807, 2.05) is 131 Å². The van der Waals surface area contributed by atoms with Crippen LogP contribution in [0.25, 0.3) is 79.1 Å². The summed E-state index contributed by atoms with van der Waals surface area (Å²) in [6.07, 6.45) is 9.66. The van der Waals surface area contributed by atoms with Crippen molar-refractivity contribution in [3.05, 3.63) is 331 Å². The van der Waals surface area contributed by atoms with Gasteiger partial charge in [-0.15, -0.1) is 0 Å². The molecule has 0 spiro atoms. The van der Waals surface area contributed by atoms with Gasteiger partial charge < -0.3 is 18.3 Å². The molecule has 0 fully saturated rings. The van der Waals surface area contributed by atoms with Crippen LogP contribution < -0.4 is 31.2 Å². The highest BCUT2D eigenvalue weighted by Crippen LogP contribution is 2.39. The molecule has 43 heteroatoms. The molecule has 0 atom stereocenters. The Bertz CT molecular complexity index is 7740. The van der Waals surface area contributed by atoms with E-state index in [-0.39, 0.29) is 57.1 Å². The molecule has 41 nitrogen and oxygen atoms in total. The number of fused-ring (bicyclic) bond motifs is 5. The van der Waals surface area contributed by atoms with Crippen LogP contribution in [0.15, 0.2) is 242 Å². The van der Waals surface area contributed by atoms with Crippen molar-refractivity contribution in [3.8, 4) is 45.4 Å². The Morgan fingerprint density at radius 1 is 0.422 bits per heavy atom. The molecule has 1 aliphatic heterocycles. The zero-order valence-corrected chi connectivity index (χ0v) is 73.7. The maximum Gasteiger partial charge on any atom is 0.288 e. The molecular weight excluding hydrogens is 1780 g/mol. The first-order valence-corrected chi connectivity index (χ1v) is 41.8. The van der Waals surface area contributed by atoms with E-state index in [2.05, 4.69) is 178 Å². The van der Waals surface area contributed by atoms with Crippen LogP contribution in [0, 0.1) is 61.8 Å². The number of nitrogens with zero attached hydrogens (tertiary/aromatic N) is 23. The summed E-state index contributed by atoms with van der Waals surface area (Å²) in [6.45, 7) is 13.7. The first-order valence-electron chi connectivity index (χ1n) is 41.1. The summed E-state index contributed by atoms with van der Waals surface area (Å²) in [7, 11) is 0. The smallest absolute Gasteiger partial charge is 0.288 e. The van der Waals surface area contributed by atoms with Crippen LogP contribution in [0.1, 0.15) is 118 Å². The van der Waals surface area contributed by atoms with E-state index in [0.29, 0.717) is 145 Å². The first kappa shape index (κ1) is 89.0. The first-order chi connectivity index (χ1) is 65.6. The third-order valence-corrected chi connectivity index (χ3v) is 21.9. The van der Waals surface area contributed by atoms with E-state index in [1.165, 1.54) is 54.7 Å². The number of hydrogen-bond acceptors (Lipinski definition) is 38. The normalized spacial score (nSPS) is 11.7. The highest BCUT2D eigenvalue weighted by Gasteiger charge is 2.25. The van der Waals surface area contributed by atoms with Gasteiger partial charge in [0.1, 0.15) is 28.1 Å². The molecule has 0 bridgehead atoms. The Balaban J connectivity index is 0.000000125. The van der Waals surface area contributed by atoms with Crippen LogP contribution in [0.3, 0.4) is 0 Å². The summed E-state index contributed by atoms with van der Waals surface area (Å²) in [4.78, 5) is 69.0. The van der Waals surface area contributed by atoms with Crippen molar-refractivity contribution in [2.75, 3.05) is 28.5 Å². The summed E-state index contributed by atoms with van der Waals surface area (Å²) in [6, 6.07) is 57.7. The highest BCUT2D eigenvalue weighted by molar-refractivity contribution is 6.32. The molecule has 0 radical (unpaired) electrons. The van der Waals surface area contributed by atoms with Gasteiger partial charge in [-0.1, -0.05) is 156 Å². The van der Waals surface area contributed by atoms with Crippen LogP contribution in [0.2, 0.25) is 10.0 Å². The minimum Gasteiger partial charge on any atom is -0.455 e. The number of hydrogen-bond donors (Lipinski definition) is 5. The van der Waals surface area contributed by atoms with E-state index in [9.17, 15) is 25.0 Å². The standard InChI is InChI=1S/C24H18ClN7O4.C24H19ClN6O2.C23H18N8O2.C21H17N7O5/c1-13-4-3-5-15(14(13)2)10-19-22(28-24-23(27-19)30-36-31-24)29-26-12-17-7-9-21(35-17)16-6-8-18(25)20(11-16)32(33)34;1-14-3-6-16(7-4-14)11-20-22(28-24-23(27-20)30-33-31-24)29-26-13-18-9-10-21(32-18)17-8-5-15(2)19(25)12-17;1-14(32)16-9-7-15(8-10-16)11-19-21(27-23-22(26-19)30-33-31-23)29-25-13-18-12-24-28-20(18)17-5-3-2-4-6-17;1-11-4-3-5-13(12(11)2)6-15-19(24-21-20(23-15)26-33-27-21)25-22-9-14-7-17-18(32-10-31-17)8-16(14)28(29)30/h3-9,11-12H,10H2,1-2H3,(H,28,29,31);3-10,12-13H,11H2,1-2H3,(H,28,29,31);2-10,12-13H,11H2,1H3,(H,24,28)(H,27,29,31);3-5,7-9H,6,10H2,1-2H3,(H,24,25,27)/b26-12+;26-13+;25-13+;22-9+. The number of H-pyrrole nitrogens is 1. The lowest BCUT2D eigenvalue weighted by molar-refractivity contribution is -0.385. The molecule has 1 aliphatic rings. The summed E-state index contributed by atoms with van der Waals surface area (Å²) >= 11 is 12.1. The molecule has 8 aromatic carbocycles. The number of ketones is 1. The Labute approximate surface area is 771 Å². The molecule has 19 aromatic rings. The number of aromatic amines is 1. The number of carbonyl (C=O) groups excluding carboxylic acids is 1. The number of Topliss-reactive ketones (excluding diaryl/α,β-unsaturated/α-hetero) is 1. The SMILES string of the molecule is CC(=O)c1ccc(Cc2nc3nonc3nc2N/N=C/c2cn[nH]c2-c2ccccc2)cc1.Cc1ccc(Cc2nc3nonc3nc2N/N=C/c2ccc(-c3ccc(C)c(Cl)c3)o2)cc1.Cc1cccc(Cc2nc3nonc3nc2N/N=C/c2cc3c(cc2[N+](=O)[O-])OCO3)c1C.Cc1cccc(Cc2nc3nonc3nc2N/N=C/c2ccc(-c3ccc(Cl)c([N+](=O)[O-])c3)o2)c1C. The minimum absolute atomic E-state index is 0.00834. The van der Waals surface area contributed by atoms with Gasteiger partial charge >= 0.3 is 0 Å². The lowest BCUT2D eigenvalue weighted by atomic mass is 9.99. The molecule has 5 N–H and O–H groups in total. The van der Waals surface area contributed by atoms with E-state index in [0.717, 1.165) is 66.9 Å². The van der Waals surface area contributed by atoms with Gasteiger partial charge in [0.25, 0.3) is 11.4 Å². The van der Waals surface area contributed by atoms with Crippen molar-refractivity contribution in [2.24, 2.45) is 20.4 Å². The number of furan rings is 2. The fourth-order valence-corrected chi connectivity index (χ4v) is 14.0. The van der Waals surface area contributed by atoms with E-state index < -0.39 is 9.85 Å². The van der Waals surface area contributed by atoms with Crippen molar-refractivity contribution in [1.82, 2.24) is 91.3 Å². The van der Waals surface area contributed by atoms with Gasteiger partial charge in [0, 0.05) is 64.6 Å². The number of nitro benzene ring substituents is 2. The predicted octanol–water partition coefficient (Wildman–Crippen LogP) is 18.0. The van der Waals surface area contributed by atoms with Crippen LogP contribution >= 0.6 is 23.2 Å². The number of halogens is 2. The average molecular weight is 1850 g/mol. The van der Waals surface area contributed by atoms with Gasteiger partial charge in [-0.2, -0.15) is 25.5 Å². The van der Waals surface area contributed by atoms with Crippen molar-refractivity contribution in [1.29, 1.82) is 0 Å². The monoisotopic (exact) mass is 1850 g/mol. The van der Waals surface area contributed by atoms with Gasteiger partial charge in [-0.05, 0) is 188 Å². The zero-order chi connectivity index (χ0) is 93.6. The van der Waals surface area contributed by atoms with Crippen LogP contribution in [-0.4, -0.2) is 139 Å². The van der Waals surface area contributed by atoms with Crippen molar-refractivity contribution in [2.45, 2.75) is 74.1 Å². The highest BCUT2D eigenvalue weighted by atomic mass is 35.5. The third kappa shape index (κ3) is 21.3. The second-order valence-electron chi connectivity index (χ2n) is 30.2. The van der Waals surface area contributed by atoms with E-state index >= 15 is 0 Å². The predicted molar refractivity (Wildman–Crippen MR) is 498 cm³/mol. The second-order valence-corrected chi connectivity index (χ2v) is 31.1. The fraction of sp³-hybridized carbons (Fsp3) is 0.130. The molecular formula is C92H72Cl2N28O13. The molecule has 20 rings (SSSR count). The number of benzene rings is 8. The zero-order valence-electron chi connectivity index (χ0n) is 72.2. The topological polar surface area (TPSA) is 533 Å². The van der Waals surface area contributed by atoms with E-state index in [1.54, 1.807) is 49.0 Å². The van der Waals surface area contributed by atoms with Crippen molar-refractivity contribution in [3.63, 3.8) is 0 Å². The summed E-state index contributed by atoms with van der Waals surface area (Å²) < 4.78 is 41.2. The van der Waals surface area contributed by atoms with Gasteiger partial charge in [0.15, 0.2) is 40.6 Å². The number of nitro groups is 2. The van der Waals surface area contributed by atoms with Crippen LogP contribution in [-0.2, 0) is 25.7 Å². The Kier molecular flexibility index (Phi) is 26.6. The molecule has 0 amide bonds. The van der Waals surface area contributed by atoms with E-state index in [4.69, 9.17) is 60.0 Å². The Morgan fingerprint density at radius 3 is 1.32 bits per heavy atom. The second kappa shape index (κ2) is 40.3. The largest absolute Gasteiger partial charge is 0.455 e. The number of hydrazone groups is 4. The summed E-state index contributed by atoms with van der Waals surface area (Å²) in [5.41, 5.74) is 32.0. The van der Waals surface area contributed by atoms with Crippen LogP contribution in [0.5, 0.6) is 11.5 Å². The maximum atomic E-state index is 11.5. The lowest BCUT2D eigenvalue weighted by Crippen LogP contribution is -2.05. The number of aryl methyl sites for hydroxylation is 4. The number of aromatic nitrogens is 18. The number of anilines is 4. The summed E-state index contributed by atoms with van der Waals surface area (Å²) in [5, 5.41) is 77.7. The molecule has 11 aromatic heterocycles. The molecule has 0 aliphatic carbocycles. The summed E-state index contributed by atoms with van der Waals surface area (Å²) in [5.74, 6) is 4.49. The fourth-order valence-electron chi connectivity index (χ4n) is 13.6. The number of rotatable bonds is 26. The average Bonchev–Trinajstić information content (AvgIpc) is 1.77. The Morgan fingerprint density at radius 2 is 0.852 bits per heavy atom. The number of nitrogens with one attached hydrogen (secondary N) is 5. The van der Waals surface area contributed by atoms with Gasteiger partial charge in [-0.25, -0.2) is 58.4 Å².